The quantitative estimate of drug-likeness (QED) is 0.105. The third-order valence-electron chi connectivity index (χ3n) is 4.22. The molecule has 37 heavy (non-hydrogen) atoms. The van der Waals surface area contributed by atoms with E-state index in [4.69, 9.17) is 28.4 Å². The Kier molecular flexibility index (Phi) is 13.3. The molecule has 0 radical (unpaired) electrons. The summed E-state index contributed by atoms with van der Waals surface area (Å²) in [5, 5.41) is 8.21. The third kappa shape index (κ3) is 10.6. The second-order valence-corrected chi connectivity index (χ2v) is 12.4. The smallest absolute Gasteiger partial charge is 0.403 e. The zero-order chi connectivity index (χ0) is 27.2. The van der Waals surface area contributed by atoms with Gasteiger partial charge in [0.05, 0.1) is 32.1 Å². The van der Waals surface area contributed by atoms with Gasteiger partial charge in [-0.3, -0.25) is 9.05 Å². The molecular weight excluding hydrogens is 536 g/mol. The normalized spacial score (nSPS) is 13.3. The van der Waals surface area contributed by atoms with Crippen LogP contribution in [0, 0.1) is 0 Å². The molecule has 0 atom stereocenters. The molecule has 2 aromatic carbocycles. The van der Waals surface area contributed by atoms with E-state index in [1.54, 1.807) is 58.0 Å². The van der Waals surface area contributed by atoms with Crippen LogP contribution >= 0.6 is 26.0 Å². The third-order valence-corrected chi connectivity index (χ3v) is 9.29. The lowest BCUT2D eigenvalue weighted by atomic mass is 10.1. The summed E-state index contributed by atoms with van der Waals surface area (Å²) in [5.41, 5.74) is 7.69. The molecule has 0 aliphatic rings. The highest BCUT2D eigenvalue weighted by Crippen LogP contribution is 2.60. The summed E-state index contributed by atoms with van der Waals surface area (Å²) in [7, 11) is -3.88. The molecule has 2 N–H and O–H groups in total. The maximum Gasteiger partial charge on any atom is 0.530 e. The minimum Gasteiger partial charge on any atom is -0.403 e. The second-order valence-electron chi connectivity index (χ2n) is 6.91. The molecule has 0 aliphatic heterocycles. The maximum absolute atomic E-state index is 13.0. The topological polar surface area (TPSA) is 131 Å². The van der Waals surface area contributed by atoms with Gasteiger partial charge in [0, 0.05) is 16.9 Å². The lowest BCUT2D eigenvalue weighted by Gasteiger charge is -2.19. The van der Waals surface area contributed by atoms with E-state index in [-0.39, 0.29) is 37.3 Å². The Morgan fingerprint density at radius 1 is 0.838 bits per heavy atom. The van der Waals surface area contributed by atoms with Gasteiger partial charge in [0.25, 0.3) is 0 Å². The van der Waals surface area contributed by atoms with Gasteiger partial charge in [-0.25, -0.2) is 9.13 Å². The molecule has 202 valence electrons. The Morgan fingerprint density at radius 3 is 2.00 bits per heavy atom. The van der Waals surface area contributed by atoms with Gasteiger partial charge in [-0.05, 0) is 51.5 Å². The van der Waals surface area contributed by atoms with Crippen LogP contribution in [0.4, 0.5) is 0 Å². The molecule has 0 fully saturated rings. The van der Waals surface area contributed by atoms with Crippen LogP contribution in [-0.4, -0.2) is 37.3 Å². The summed E-state index contributed by atoms with van der Waals surface area (Å²) >= 11 is 0.667. The van der Waals surface area contributed by atoms with E-state index >= 15 is 0 Å². The van der Waals surface area contributed by atoms with Crippen molar-refractivity contribution in [2.45, 2.75) is 27.7 Å². The minimum absolute atomic E-state index is 0.122. The molecule has 0 spiro atoms. The number of para-hydroxylation sites is 1. The van der Waals surface area contributed by atoms with Crippen LogP contribution in [0.3, 0.4) is 0 Å². The van der Waals surface area contributed by atoms with Crippen LogP contribution in [0.2, 0.25) is 0 Å². The first kappa shape index (κ1) is 31.0. The van der Waals surface area contributed by atoms with Crippen LogP contribution < -0.4 is 10.3 Å². The average molecular weight is 570 g/mol. The molecule has 0 aromatic heterocycles. The fourth-order valence-corrected chi connectivity index (χ4v) is 6.92. The van der Waals surface area contributed by atoms with Crippen molar-refractivity contribution in [3.8, 4) is 5.75 Å². The number of allylic oxidation sites excluding steroid dienone is 1. The largest absolute Gasteiger partial charge is 0.530 e. The number of benzene rings is 2. The van der Waals surface area contributed by atoms with Gasteiger partial charge < -0.3 is 19.3 Å². The van der Waals surface area contributed by atoms with Crippen molar-refractivity contribution in [2.24, 2.45) is 15.9 Å². The van der Waals surface area contributed by atoms with E-state index in [1.807, 2.05) is 36.4 Å². The first-order valence-electron chi connectivity index (χ1n) is 11.7. The summed E-state index contributed by atoms with van der Waals surface area (Å²) in [6.45, 7) is 3.85. The van der Waals surface area contributed by atoms with Crippen LogP contribution in [0.25, 0.3) is 6.08 Å². The van der Waals surface area contributed by atoms with Crippen molar-refractivity contribution in [2.75, 3.05) is 26.4 Å². The second kappa shape index (κ2) is 15.9. The zero-order valence-corrected chi connectivity index (χ0v) is 23.9. The monoisotopic (exact) mass is 569 g/mol. The van der Waals surface area contributed by atoms with E-state index in [0.29, 0.717) is 22.7 Å². The zero-order valence-electron chi connectivity index (χ0n) is 21.3. The molecular formula is C24H33N3O7P2S. The molecule has 2 aromatic rings. The summed E-state index contributed by atoms with van der Waals surface area (Å²) in [5.74, 6) is 0.208. The van der Waals surface area contributed by atoms with Crippen LogP contribution in [-0.2, 0) is 27.2 Å². The van der Waals surface area contributed by atoms with E-state index in [9.17, 15) is 9.13 Å². The van der Waals surface area contributed by atoms with Crippen molar-refractivity contribution < 1.29 is 31.7 Å². The molecule has 0 saturated heterocycles. The number of nitrogens with two attached hydrogens (primary N) is 1. The van der Waals surface area contributed by atoms with E-state index in [2.05, 4.69) is 10.2 Å². The summed E-state index contributed by atoms with van der Waals surface area (Å²) in [6.07, 6.45) is 3.53. The Hall–Kier alpha value is -2.23. The molecule has 0 saturated carbocycles. The van der Waals surface area contributed by atoms with E-state index < -0.39 is 14.6 Å². The van der Waals surface area contributed by atoms with Gasteiger partial charge >= 0.3 is 14.6 Å². The average Bonchev–Trinajstić information content (AvgIpc) is 2.85. The number of phosphoric acid groups is 1. The maximum atomic E-state index is 13.0. The highest BCUT2D eigenvalue weighted by molar-refractivity contribution is 8.62. The lowest BCUT2D eigenvalue weighted by molar-refractivity contribution is 0.167. The van der Waals surface area contributed by atoms with Gasteiger partial charge in [0.15, 0.2) is 5.17 Å². The number of nitrogens with zero attached hydrogens (tertiary/aromatic N) is 2. The van der Waals surface area contributed by atoms with Crippen molar-refractivity contribution in [3.05, 3.63) is 71.8 Å². The number of rotatable bonds is 15. The standard InChI is InChI=1S/C24H33N3O7P2S/c1-5-30-35(28,31-6-2)34-23-17-13-12-16-21(23)22(19-18-20-14-10-9-11-15-20)26-27-24(25)37-36(29,32-7-3)33-8-4/h9-19H,5-8H2,1-4H3,(H2,25,27)/b19-18+,26-22+. The highest BCUT2D eigenvalue weighted by Gasteiger charge is 2.29. The summed E-state index contributed by atoms with van der Waals surface area (Å²) in [4.78, 5) is 0. The van der Waals surface area contributed by atoms with Crippen molar-refractivity contribution in [1.29, 1.82) is 0 Å². The Morgan fingerprint density at radius 2 is 1.41 bits per heavy atom. The van der Waals surface area contributed by atoms with Gasteiger partial charge in [-0.15, -0.1) is 10.2 Å². The molecule has 10 nitrogen and oxygen atoms in total. The SMILES string of the molecule is CCOP(=O)(OCC)Oc1ccccc1C(/C=C/c1ccccc1)=N/N=C(\N)SP(=O)(OCC)OCC. The van der Waals surface area contributed by atoms with Gasteiger partial charge in [-0.2, -0.15) is 0 Å². The molecule has 0 unspecified atom stereocenters. The molecule has 0 amide bonds. The molecule has 0 aliphatic carbocycles. The van der Waals surface area contributed by atoms with Crippen LogP contribution in [0.5, 0.6) is 5.75 Å². The molecule has 2 rings (SSSR count). The first-order valence-corrected chi connectivity index (χ1v) is 16.1. The van der Waals surface area contributed by atoms with Crippen LogP contribution in [0.15, 0.2) is 70.9 Å². The predicted octanol–water partition coefficient (Wildman–Crippen LogP) is 6.89. The van der Waals surface area contributed by atoms with E-state index in [0.717, 1.165) is 5.56 Å². The fourth-order valence-electron chi connectivity index (χ4n) is 2.84. The Balaban J connectivity index is 2.51. The predicted molar refractivity (Wildman–Crippen MR) is 150 cm³/mol. The first-order chi connectivity index (χ1) is 17.8. The number of phosphoric ester groups is 1. The highest BCUT2D eigenvalue weighted by atomic mass is 32.7. The van der Waals surface area contributed by atoms with Crippen molar-refractivity contribution in [1.82, 2.24) is 0 Å². The summed E-state index contributed by atoms with van der Waals surface area (Å²) < 4.78 is 52.6. The Bertz CT molecular complexity index is 1160. The number of amidine groups is 1. The van der Waals surface area contributed by atoms with Crippen LogP contribution in [0.1, 0.15) is 38.8 Å². The fraction of sp³-hybridized carbons (Fsp3) is 0.333. The van der Waals surface area contributed by atoms with Gasteiger partial charge in [-0.1, -0.05) is 48.5 Å². The van der Waals surface area contributed by atoms with Crippen molar-refractivity contribution in [3.63, 3.8) is 0 Å². The lowest BCUT2D eigenvalue weighted by Crippen LogP contribution is -2.09. The van der Waals surface area contributed by atoms with Gasteiger partial charge in [0.1, 0.15) is 5.75 Å². The summed E-state index contributed by atoms with van der Waals surface area (Å²) in [6, 6.07) is 16.4. The van der Waals surface area contributed by atoms with E-state index in [1.165, 1.54) is 0 Å². The minimum atomic E-state index is -3.88. The van der Waals surface area contributed by atoms with Gasteiger partial charge in [0.2, 0.25) is 0 Å². The molecule has 13 heteroatoms. The van der Waals surface area contributed by atoms with Crippen molar-refractivity contribution >= 4 is 43.0 Å². The molecule has 0 heterocycles. The molecule has 0 bridgehead atoms. The number of hydrogen-bond acceptors (Lipinski definition) is 10. The number of hydrogen-bond donors (Lipinski definition) is 1. The Labute approximate surface area is 222 Å².